The third-order valence-corrected chi connectivity index (χ3v) is 16.7. The zero-order chi connectivity index (χ0) is 38.7. The molecule has 0 bridgehead atoms. The summed E-state index contributed by atoms with van der Waals surface area (Å²) in [6, 6.07) is 0. The number of nitrogens with two attached hydrogens (primary N) is 2. The monoisotopic (exact) mass is 894 g/mol. The Balaban J connectivity index is 1.01. The molecule has 292 valence electrons. The summed E-state index contributed by atoms with van der Waals surface area (Å²) in [5.74, 6) is -2.07. The first-order valence-corrected chi connectivity index (χ1v) is 23.2. The van der Waals surface area contributed by atoms with Crippen molar-refractivity contribution in [1.82, 2.24) is 39.0 Å². The summed E-state index contributed by atoms with van der Waals surface area (Å²) in [7, 11) is -17.7. The summed E-state index contributed by atoms with van der Waals surface area (Å²) >= 11 is 1.75. The van der Waals surface area contributed by atoms with Crippen molar-refractivity contribution < 1.29 is 80.8 Å². The molecule has 6 rings (SSSR count). The van der Waals surface area contributed by atoms with E-state index in [0.29, 0.717) is 0 Å². The van der Waals surface area contributed by atoms with Gasteiger partial charge in [-0.15, -0.1) is 0 Å². The van der Waals surface area contributed by atoms with E-state index in [1.165, 1.54) is 15.5 Å². The molecular formula is C21H26N10O17P4Se-4. The van der Waals surface area contributed by atoms with Crippen molar-refractivity contribution in [2.75, 3.05) is 30.6 Å². The van der Waals surface area contributed by atoms with E-state index < -0.39 is 97.8 Å². The van der Waals surface area contributed by atoms with Gasteiger partial charge >= 0.3 is 244 Å². The molecule has 32 heteroatoms. The van der Waals surface area contributed by atoms with Gasteiger partial charge in [-0.2, -0.15) is 0 Å². The van der Waals surface area contributed by atoms with Gasteiger partial charge in [0.15, 0.2) is 11.5 Å². The summed E-state index contributed by atoms with van der Waals surface area (Å²) in [5, 5.41) is 41.9. The number of rotatable bonds is 14. The van der Waals surface area contributed by atoms with Crippen LogP contribution in [0.1, 0.15) is 12.5 Å². The quantitative estimate of drug-likeness (QED) is 0.0509. The molecule has 2 aliphatic rings. The molecule has 0 saturated carbocycles. The molecule has 4 aromatic heterocycles. The van der Waals surface area contributed by atoms with Crippen LogP contribution < -0.4 is 31.0 Å². The summed E-state index contributed by atoms with van der Waals surface area (Å²) in [6.07, 6.45) is -8.06. The SMILES string of the molecule is Nc1ncnc2c1ncn2[C@@H]1O[C@H](COP(=O)([O-])CP(=O)([O-])OP(=O)([O-])O[P+]([O-])([Se-])OC[C@H]2O[C@@H](n3cnc4c(N)ncnc43)[C@H](O)[C@@H]2O)[C@@H](O)[C@H]1O. The fourth-order valence-electron chi connectivity index (χ4n) is 5.25. The van der Waals surface area contributed by atoms with Crippen LogP contribution in [0.25, 0.3) is 22.3 Å². The zero-order valence-corrected chi connectivity index (χ0v) is 31.4. The van der Waals surface area contributed by atoms with Crippen molar-refractivity contribution in [1.29, 1.82) is 0 Å². The average Bonchev–Trinajstić information content (AvgIpc) is 3.80. The van der Waals surface area contributed by atoms with Crippen LogP contribution in [-0.4, -0.2) is 131 Å². The van der Waals surface area contributed by atoms with Crippen LogP contribution in [0.3, 0.4) is 0 Å². The van der Waals surface area contributed by atoms with Crippen LogP contribution in [0.2, 0.25) is 0 Å². The third-order valence-electron chi connectivity index (χ3n) is 7.60. The number of fused-ring (bicyclic) bond motifs is 2. The van der Waals surface area contributed by atoms with Crippen LogP contribution in [-0.2, 0) is 40.8 Å². The molecule has 4 aromatic rings. The van der Waals surface area contributed by atoms with Gasteiger partial charge in [0.25, 0.3) is 0 Å². The molecule has 0 radical (unpaired) electrons. The maximum atomic E-state index is 12.8. The fourth-order valence-corrected chi connectivity index (χ4v) is 13.3. The second-order valence-corrected chi connectivity index (χ2v) is 21.3. The molecule has 8 N–H and O–H groups in total. The van der Waals surface area contributed by atoms with Crippen LogP contribution >= 0.6 is 29.6 Å². The van der Waals surface area contributed by atoms with E-state index in [-0.39, 0.29) is 34.0 Å². The molecule has 0 spiro atoms. The van der Waals surface area contributed by atoms with Crippen LogP contribution in [0.5, 0.6) is 0 Å². The average molecular weight is 893 g/mol. The minimum Gasteiger partial charge on any atom is -0.386 e. The van der Waals surface area contributed by atoms with E-state index in [4.69, 9.17) is 25.5 Å². The molecule has 2 aliphatic heterocycles. The topological polar surface area (TPSA) is 419 Å². The van der Waals surface area contributed by atoms with Gasteiger partial charge < -0.3 is 10.8 Å². The first-order chi connectivity index (χ1) is 24.7. The predicted molar refractivity (Wildman–Crippen MR) is 166 cm³/mol. The van der Waals surface area contributed by atoms with Gasteiger partial charge in [-0.1, -0.05) is 0 Å². The Labute approximate surface area is 303 Å². The molecule has 2 fully saturated rings. The summed E-state index contributed by atoms with van der Waals surface area (Å²) in [4.78, 5) is 73.6. The molecule has 4 unspecified atom stereocenters. The molecule has 2 saturated heterocycles. The van der Waals surface area contributed by atoms with Crippen molar-refractivity contribution in [3.63, 3.8) is 0 Å². The van der Waals surface area contributed by atoms with Gasteiger partial charge in [0.05, 0.1) is 6.33 Å². The molecule has 0 aliphatic carbocycles. The van der Waals surface area contributed by atoms with Gasteiger partial charge in [-0.3, -0.25) is 4.57 Å². The number of phosphoric acid groups is 1. The summed E-state index contributed by atoms with van der Waals surface area (Å²) in [5.41, 5.74) is 12.0. The van der Waals surface area contributed by atoms with Crippen molar-refractivity contribution in [2.24, 2.45) is 0 Å². The van der Waals surface area contributed by atoms with Crippen LogP contribution in [0.15, 0.2) is 25.3 Å². The summed E-state index contributed by atoms with van der Waals surface area (Å²) < 4.78 is 68.4. The molecule has 0 aromatic carbocycles. The van der Waals surface area contributed by atoms with Crippen molar-refractivity contribution in [3.05, 3.63) is 25.3 Å². The van der Waals surface area contributed by atoms with E-state index in [2.05, 4.69) is 43.0 Å². The van der Waals surface area contributed by atoms with Gasteiger partial charge in [0.2, 0.25) is 0 Å². The standard InChI is InChI=1S/C21H30N10O17P4Se/c22-16-10-18(26-3-24-16)30(5-28-10)20-14(34)12(32)8(45-20)1-43-49(36,37)7-50(38,39)47-51(40,41)48-52(42,53)44-2-9-13(33)15(35)21(46-9)31-6-29-11-17(23)25-4-27-19(11)31/h3-6,8-9,12-15,20-21,32-35H,1-2,7H2,(H,36,37)(H,38,39)(H,40,41)(H,42,53)(H2,22,24,26)(H2,23,25,27)/p-4/t8-,9-,12-,13-,14-,15-,20-,21-,52?/m1/s1. The van der Waals surface area contributed by atoms with Crippen molar-refractivity contribution >= 4 is 79.2 Å². The first-order valence-electron chi connectivity index (χ1n) is 14.5. The molecule has 12 atom stereocenters. The number of aliphatic hydroxyl groups is 4. The number of nitrogen functional groups attached to an aromatic ring is 2. The summed E-state index contributed by atoms with van der Waals surface area (Å²) in [6.45, 7) is -6.91. The minimum atomic E-state index is -6.19. The zero-order valence-electron chi connectivity index (χ0n) is 26.1. The Morgan fingerprint density at radius 2 is 1.25 bits per heavy atom. The van der Waals surface area contributed by atoms with Gasteiger partial charge in [-0.05, 0) is 0 Å². The number of hydrogen-bond donors (Lipinski definition) is 6. The van der Waals surface area contributed by atoms with E-state index in [1.54, 1.807) is 15.6 Å². The van der Waals surface area contributed by atoms with Gasteiger partial charge in [-0.25, -0.2) is 15.0 Å². The van der Waals surface area contributed by atoms with Crippen molar-refractivity contribution in [3.8, 4) is 0 Å². The third kappa shape index (κ3) is 8.78. The number of ether oxygens (including phenoxy) is 2. The van der Waals surface area contributed by atoms with E-state index in [9.17, 15) is 53.7 Å². The number of hydrogen-bond acceptors (Lipinski definition) is 25. The number of nitrogens with zero attached hydrogens (tertiary/aromatic N) is 8. The van der Waals surface area contributed by atoms with Gasteiger partial charge in [0, 0.05) is 0 Å². The molecule has 6 heterocycles. The fraction of sp³-hybridized carbons (Fsp3) is 0.524. The number of aliphatic hydroxyl groups excluding tert-OH is 4. The minimum absolute atomic E-state index is 0.00420. The van der Waals surface area contributed by atoms with E-state index in [1.807, 2.05) is 0 Å². The van der Waals surface area contributed by atoms with Crippen LogP contribution in [0, 0.1) is 0 Å². The number of aromatic nitrogens is 8. The van der Waals surface area contributed by atoms with Crippen molar-refractivity contribution in [2.45, 2.75) is 49.1 Å². The predicted octanol–water partition coefficient (Wildman–Crippen LogP) is -5.13. The Kier molecular flexibility index (Phi) is 11.5. The Morgan fingerprint density at radius 3 is 1.74 bits per heavy atom. The van der Waals surface area contributed by atoms with Gasteiger partial charge in [0.1, 0.15) is 11.8 Å². The second-order valence-electron chi connectivity index (χ2n) is 11.3. The molecular weight excluding hydrogens is 867 g/mol. The molecule has 0 amide bonds. The Bertz CT molecular complexity index is 2130. The Hall–Kier alpha value is -2.22. The normalized spacial score (nSPS) is 31.0. The number of imidazole rings is 2. The van der Waals surface area contributed by atoms with E-state index in [0.717, 1.165) is 19.0 Å². The second kappa shape index (κ2) is 15.0. The Morgan fingerprint density at radius 1 is 0.774 bits per heavy atom. The smallest absolute Gasteiger partial charge is 0.386 e. The van der Waals surface area contributed by atoms with Crippen LogP contribution in [0.4, 0.5) is 11.6 Å². The first kappa shape index (κ1) is 40.4. The maximum absolute atomic E-state index is 12.8. The molecule has 27 nitrogen and oxygen atoms in total. The number of anilines is 2. The van der Waals surface area contributed by atoms with E-state index >= 15 is 0 Å². The molecule has 53 heavy (non-hydrogen) atoms.